The summed E-state index contributed by atoms with van der Waals surface area (Å²) in [6.07, 6.45) is 3.68. The number of Topliss-reactive ketones (excluding diaryl/α,β-unsaturated/α-hetero) is 1. The number of hydrogen-bond acceptors (Lipinski definition) is 4. The molecule has 0 fully saturated rings. The molecule has 7 heteroatoms. The predicted octanol–water partition coefficient (Wildman–Crippen LogP) is 4.38. The Morgan fingerprint density at radius 3 is 2.79 bits per heavy atom. The maximum absolute atomic E-state index is 12.6. The van der Waals surface area contributed by atoms with E-state index in [0.29, 0.717) is 30.8 Å². The van der Waals surface area contributed by atoms with E-state index in [0.717, 1.165) is 48.5 Å². The number of ketones is 1. The molecule has 2 aromatic carbocycles. The molecule has 0 saturated carbocycles. The van der Waals surface area contributed by atoms with Gasteiger partial charge in [-0.05, 0) is 62.2 Å². The highest BCUT2D eigenvalue weighted by atomic mass is 35.5. The molecule has 0 amide bonds. The summed E-state index contributed by atoms with van der Waals surface area (Å²) in [4.78, 5) is 15.0. The van der Waals surface area contributed by atoms with Crippen LogP contribution in [0.3, 0.4) is 0 Å². The molecule has 2 aromatic rings. The van der Waals surface area contributed by atoms with Crippen molar-refractivity contribution in [1.29, 1.82) is 0 Å². The molecular weight excluding hydrogens is 410 g/mol. The van der Waals surface area contributed by atoms with Crippen molar-refractivity contribution in [2.75, 3.05) is 26.7 Å². The molecule has 3 rings (SSSR count). The number of carbonyl (C=O) groups is 1. The van der Waals surface area contributed by atoms with E-state index in [9.17, 15) is 13.6 Å². The van der Waals surface area contributed by atoms with Gasteiger partial charge in [-0.2, -0.15) is 0 Å². The summed E-state index contributed by atoms with van der Waals surface area (Å²) >= 11 is 4.03. The van der Waals surface area contributed by atoms with E-state index < -0.39 is 11.1 Å². The van der Waals surface area contributed by atoms with Gasteiger partial charge in [-0.1, -0.05) is 29.8 Å². The molecule has 0 spiro atoms. The zero-order valence-electron chi connectivity index (χ0n) is 16.5. The van der Waals surface area contributed by atoms with Crippen LogP contribution in [-0.4, -0.2) is 46.2 Å². The molecule has 0 aromatic heterocycles. The molecular formula is C22H26ClNO4S. The average Bonchev–Trinajstić information content (AvgIpc) is 3.18. The molecule has 1 heterocycles. The van der Waals surface area contributed by atoms with Gasteiger partial charge < -0.3 is 14.2 Å². The maximum atomic E-state index is 12.6. The van der Waals surface area contributed by atoms with E-state index in [-0.39, 0.29) is 10.7 Å². The van der Waals surface area contributed by atoms with Crippen molar-refractivity contribution in [1.82, 2.24) is 4.90 Å². The van der Waals surface area contributed by atoms with Crippen molar-refractivity contribution in [2.24, 2.45) is 0 Å². The summed E-state index contributed by atoms with van der Waals surface area (Å²) in [5, 5.41) is 0.800. The standard InChI is InChI=1S/C22H26ClNO4S/c1-24(12-9-16-6-2-3-7-19(16)23)11-5-4-8-20(25)18-14-17-10-13-28-22(17)21(15-18)29(26)27/h2-3,6-7,14-15H,4-5,8-13H2,1H3,(H,26,27). The lowest BCUT2D eigenvalue weighted by atomic mass is 10.0. The smallest absolute Gasteiger partial charge is 0.190 e. The van der Waals surface area contributed by atoms with Gasteiger partial charge in [0, 0.05) is 30.0 Å². The highest BCUT2D eigenvalue weighted by Gasteiger charge is 2.22. The monoisotopic (exact) mass is 435 g/mol. The van der Waals surface area contributed by atoms with Crippen molar-refractivity contribution < 1.29 is 18.3 Å². The van der Waals surface area contributed by atoms with E-state index in [1.54, 1.807) is 6.07 Å². The van der Waals surface area contributed by atoms with Crippen LogP contribution in [0.4, 0.5) is 0 Å². The third-order valence-corrected chi connectivity index (χ3v) is 6.22. The second kappa shape index (κ2) is 10.3. The molecule has 156 valence electrons. The minimum atomic E-state index is -2.16. The Kier molecular flexibility index (Phi) is 7.84. The van der Waals surface area contributed by atoms with E-state index >= 15 is 0 Å². The Labute approximate surface area is 179 Å². The summed E-state index contributed by atoms with van der Waals surface area (Å²) in [5.41, 5.74) is 2.49. The van der Waals surface area contributed by atoms with E-state index in [1.165, 1.54) is 6.07 Å². The van der Waals surface area contributed by atoms with Crippen LogP contribution < -0.4 is 4.74 Å². The molecule has 0 bridgehead atoms. The van der Waals surface area contributed by atoms with Crippen LogP contribution in [0.25, 0.3) is 0 Å². The summed E-state index contributed by atoms with van der Waals surface area (Å²) < 4.78 is 26.5. The highest BCUT2D eigenvalue weighted by Crippen LogP contribution is 2.33. The SMILES string of the molecule is CN(CCCCC(=O)c1cc2c(c(S(=O)O)c1)OCC2)CCc1ccccc1Cl. The molecule has 1 unspecified atom stereocenters. The average molecular weight is 436 g/mol. The van der Waals surface area contributed by atoms with Gasteiger partial charge in [-0.25, -0.2) is 4.21 Å². The first-order chi connectivity index (χ1) is 14.0. The second-order valence-electron chi connectivity index (χ2n) is 7.34. The van der Waals surface area contributed by atoms with Crippen molar-refractivity contribution in [3.63, 3.8) is 0 Å². The molecule has 1 aliphatic heterocycles. The fourth-order valence-corrected chi connectivity index (χ4v) is 4.31. The molecule has 5 nitrogen and oxygen atoms in total. The molecule has 1 N–H and O–H groups in total. The van der Waals surface area contributed by atoms with Crippen LogP contribution in [-0.2, 0) is 23.9 Å². The Hall–Kier alpha value is -1.73. The van der Waals surface area contributed by atoms with Crippen molar-refractivity contribution >= 4 is 28.5 Å². The minimum absolute atomic E-state index is 0.00474. The number of rotatable bonds is 10. The van der Waals surface area contributed by atoms with Crippen LogP contribution in [0, 0.1) is 0 Å². The van der Waals surface area contributed by atoms with Gasteiger partial charge in [0.15, 0.2) is 16.9 Å². The number of unbranched alkanes of at least 4 members (excludes halogenated alkanes) is 1. The maximum Gasteiger partial charge on any atom is 0.190 e. The zero-order chi connectivity index (χ0) is 20.8. The van der Waals surface area contributed by atoms with Gasteiger partial charge in [0.2, 0.25) is 0 Å². The van der Waals surface area contributed by atoms with E-state index in [4.69, 9.17) is 16.3 Å². The van der Waals surface area contributed by atoms with Crippen LogP contribution >= 0.6 is 11.6 Å². The van der Waals surface area contributed by atoms with Gasteiger partial charge in [0.05, 0.1) is 6.61 Å². The number of carbonyl (C=O) groups excluding carboxylic acids is 1. The van der Waals surface area contributed by atoms with Gasteiger partial charge >= 0.3 is 0 Å². The number of benzene rings is 2. The normalized spacial score (nSPS) is 13.9. The topological polar surface area (TPSA) is 66.8 Å². The molecule has 1 aliphatic rings. The second-order valence-corrected chi connectivity index (χ2v) is 8.68. The lowest BCUT2D eigenvalue weighted by Gasteiger charge is -2.16. The van der Waals surface area contributed by atoms with Gasteiger partial charge in [-0.3, -0.25) is 4.79 Å². The molecule has 0 aliphatic carbocycles. The van der Waals surface area contributed by atoms with Gasteiger partial charge in [-0.15, -0.1) is 0 Å². The van der Waals surface area contributed by atoms with Crippen molar-refractivity contribution in [2.45, 2.75) is 37.0 Å². The molecule has 29 heavy (non-hydrogen) atoms. The van der Waals surface area contributed by atoms with Crippen LogP contribution in [0.5, 0.6) is 5.75 Å². The summed E-state index contributed by atoms with van der Waals surface area (Å²) in [6.45, 7) is 2.30. The van der Waals surface area contributed by atoms with Gasteiger partial charge in [0.1, 0.15) is 10.6 Å². The first kappa shape index (κ1) is 22.0. The molecule has 1 atom stereocenters. The van der Waals surface area contributed by atoms with E-state index in [1.807, 2.05) is 24.3 Å². The predicted molar refractivity (Wildman–Crippen MR) is 116 cm³/mol. The quantitative estimate of drug-likeness (QED) is 0.340. The molecule has 0 saturated heterocycles. The third kappa shape index (κ3) is 5.89. The third-order valence-electron chi connectivity index (χ3n) is 5.17. The van der Waals surface area contributed by atoms with E-state index in [2.05, 4.69) is 11.9 Å². The largest absolute Gasteiger partial charge is 0.492 e. The fraction of sp³-hybridized carbons (Fsp3) is 0.409. The molecule has 0 radical (unpaired) electrons. The number of hydrogen-bond donors (Lipinski definition) is 1. The lowest BCUT2D eigenvalue weighted by Crippen LogP contribution is -2.22. The van der Waals surface area contributed by atoms with Crippen LogP contribution in [0.1, 0.15) is 40.7 Å². The number of nitrogens with zero attached hydrogens (tertiary/aromatic N) is 1. The first-order valence-electron chi connectivity index (χ1n) is 9.81. The summed E-state index contributed by atoms with van der Waals surface area (Å²) in [6, 6.07) is 11.2. The number of ether oxygens (including phenoxy) is 1. The number of halogens is 1. The Morgan fingerprint density at radius 2 is 2.03 bits per heavy atom. The lowest BCUT2D eigenvalue weighted by molar-refractivity contribution is 0.0978. The highest BCUT2D eigenvalue weighted by molar-refractivity contribution is 7.79. The number of fused-ring (bicyclic) bond motifs is 1. The van der Waals surface area contributed by atoms with Gasteiger partial charge in [0.25, 0.3) is 0 Å². The minimum Gasteiger partial charge on any atom is -0.492 e. The van der Waals surface area contributed by atoms with Crippen LogP contribution in [0.2, 0.25) is 5.02 Å². The Balaban J connectivity index is 1.45. The summed E-state index contributed by atoms with van der Waals surface area (Å²) in [5.74, 6) is 0.465. The van der Waals surface area contributed by atoms with Crippen molar-refractivity contribution in [3.8, 4) is 5.75 Å². The number of likely N-dealkylation sites (N-methyl/N-ethyl adjacent to an activating group) is 1. The zero-order valence-corrected chi connectivity index (χ0v) is 18.1. The van der Waals surface area contributed by atoms with Crippen molar-refractivity contribution in [3.05, 3.63) is 58.1 Å². The van der Waals surface area contributed by atoms with Crippen LogP contribution in [0.15, 0.2) is 41.3 Å². The Morgan fingerprint density at radius 1 is 1.24 bits per heavy atom. The first-order valence-corrected chi connectivity index (χ1v) is 11.3. The fourth-order valence-electron chi connectivity index (χ4n) is 3.50. The Bertz CT molecular complexity index is 902. The summed E-state index contributed by atoms with van der Waals surface area (Å²) in [7, 11) is 2.07.